The lowest BCUT2D eigenvalue weighted by molar-refractivity contribution is 0.179. The summed E-state index contributed by atoms with van der Waals surface area (Å²) in [6.07, 6.45) is 1.98. The van der Waals surface area contributed by atoms with Gasteiger partial charge in [0.2, 0.25) is 0 Å². The number of hydrogen-bond donors (Lipinski definition) is 2. The van der Waals surface area contributed by atoms with Gasteiger partial charge in [0.25, 0.3) is 0 Å². The number of hydrogen-bond acceptors (Lipinski definition) is 2. The van der Waals surface area contributed by atoms with E-state index in [4.69, 9.17) is 17.0 Å². The van der Waals surface area contributed by atoms with Gasteiger partial charge in [0.15, 0.2) is 5.11 Å². The Morgan fingerprint density at radius 2 is 1.84 bits per heavy atom. The van der Waals surface area contributed by atoms with Crippen LogP contribution in [0.25, 0.3) is 0 Å². The summed E-state index contributed by atoms with van der Waals surface area (Å²) in [6, 6.07) is 6.59. The van der Waals surface area contributed by atoms with Crippen molar-refractivity contribution in [3.8, 4) is 0 Å². The molecule has 0 bridgehead atoms. The van der Waals surface area contributed by atoms with Crippen LogP contribution in [0.15, 0.2) is 18.2 Å². The summed E-state index contributed by atoms with van der Waals surface area (Å²) in [5.74, 6) is 0. The van der Waals surface area contributed by atoms with E-state index >= 15 is 0 Å². The monoisotopic (exact) mass is 280 g/mol. The predicted molar refractivity (Wildman–Crippen MR) is 85.9 cm³/mol. The van der Waals surface area contributed by atoms with Crippen molar-refractivity contribution in [3.05, 3.63) is 29.3 Å². The van der Waals surface area contributed by atoms with Crippen molar-refractivity contribution in [2.75, 3.05) is 19.0 Å². The molecule has 0 fully saturated rings. The third kappa shape index (κ3) is 4.80. The summed E-state index contributed by atoms with van der Waals surface area (Å²) in [4.78, 5) is 0. The molecule has 1 unspecified atom stereocenters. The van der Waals surface area contributed by atoms with Crippen LogP contribution >= 0.6 is 12.2 Å². The highest BCUT2D eigenvalue weighted by atomic mass is 32.1. The number of thiocarbonyl (C=S) groups is 1. The molecule has 2 N–H and O–H groups in total. The van der Waals surface area contributed by atoms with E-state index in [1.807, 2.05) is 6.92 Å². The molecule has 4 heteroatoms. The number of benzene rings is 1. The fourth-order valence-corrected chi connectivity index (χ4v) is 2.37. The molecular weight excluding hydrogens is 256 g/mol. The van der Waals surface area contributed by atoms with Crippen LogP contribution in [0, 0.1) is 0 Å². The molecule has 0 aliphatic rings. The maximum Gasteiger partial charge on any atom is 0.171 e. The van der Waals surface area contributed by atoms with E-state index in [9.17, 15) is 0 Å². The number of nitrogens with one attached hydrogen (secondary N) is 2. The van der Waals surface area contributed by atoms with E-state index in [0.29, 0.717) is 11.7 Å². The molecule has 0 heterocycles. The molecule has 1 aromatic carbocycles. The highest BCUT2D eigenvalue weighted by molar-refractivity contribution is 7.80. The first-order valence-electron chi connectivity index (χ1n) is 6.79. The van der Waals surface area contributed by atoms with E-state index in [1.165, 1.54) is 11.1 Å². The van der Waals surface area contributed by atoms with Gasteiger partial charge in [0.05, 0.1) is 6.61 Å². The van der Waals surface area contributed by atoms with Gasteiger partial charge < -0.3 is 15.4 Å². The zero-order chi connectivity index (χ0) is 14.3. The van der Waals surface area contributed by atoms with Crippen molar-refractivity contribution in [1.29, 1.82) is 0 Å². The van der Waals surface area contributed by atoms with E-state index in [1.54, 1.807) is 7.11 Å². The summed E-state index contributed by atoms with van der Waals surface area (Å²) in [5, 5.41) is 7.22. The SMILES string of the molecule is CCc1cccc(CC)c1NC(=S)NC(C)COC. The van der Waals surface area contributed by atoms with Crippen molar-refractivity contribution in [1.82, 2.24) is 5.32 Å². The molecule has 106 valence electrons. The molecular formula is C15H24N2OS. The first-order chi connectivity index (χ1) is 9.12. The zero-order valence-electron chi connectivity index (χ0n) is 12.2. The molecule has 0 radical (unpaired) electrons. The van der Waals surface area contributed by atoms with E-state index < -0.39 is 0 Å². The fraction of sp³-hybridized carbons (Fsp3) is 0.533. The van der Waals surface area contributed by atoms with Gasteiger partial charge in [-0.05, 0) is 43.1 Å². The summed E-state index contributed by atoms with van der Waals surface area (Å²) in [6.45, 7) is 7.00. The van der Waals surface area contributed by atoms with Crippen LogP contribution in [0.5, 0.6) is 0 Å². The van der Waals surface area contributed by atoms with Crippen LogP contribution in [0.1, 0.15) is 31.9 Å². The Kier molecular flexibility index (Phi) is 6.81. The second-order valence-corrected chi connectivity index (χ2v) is 5.02. The number of aryl methyl sites for hydroxylation is 2. The van der Waals surface area contributed by atoms with Crippen molar-refractivity contribution >= 4 is 23.0 Å². The van der Waals surface area contributed by atoms with Gasteiger partial charge in [0, 0.05) is 18.8 Å². The highest BCUT2D eigenvalue weighted by Crippen LogP contribution is 2.22. The second kappa shape index (κ2) is 8.12. The lowest BCUT2D eigenvalue weighted by atomic mass is 10.0. The molecule has 1 rings (SSSR count). The average Bonchev–Trinajstić information content (AvgIpc) is 2.39. The van der Waals surface area contributed by atoms with Gasteiger partial charge >= 0.3 is 0 Å². The van der Waals surface area contributed by atoms with Crippen LogP contribution in [0.2, 0.25) is 0 Å². The average molecular weight is 280 g/mol. The molecule has 0 aliphatic heterocycles. The number of anilines is 1. The van der Waals surface area contributed by atoms with Crippen LogP contribution in [-0.4, -0.2) is 24.9 Å². The normalized spacial score (nSPS) is 12.0. The van der Waals surface area contributed by atoms with E-state index in [2.05, 4.69) is 42.7 Å². The largest absolute Gasteiger partial charge is 0.383 e. The lowest BCUT2D eigenvalue weighted by Gasteiger charge is -2.19. The van der Waals surface area contributed by atoms with Gasteiger partial charge in [-0.2, -0.15) is 0 Å². The first-order valence-corrected chi connectivity index (χ1v) is 7.20. The number of rotatable bonds is 6. The van der Waals surface area contributed by atoms with Crippen LogP contribution < -0.4 is 10.6 Å². The molecule has 0 saturated heterocycles. The molecule has 0 aromatic heterocycles. The predicted octanol–water partition coefficient (Wildman–Crippen LogP) is 3.13. The Balaban J connectivity index is 2.77. The van der Waals surface area contributed by atoms with Crippen molar-refractivity contribution in [3.63, 3.8) is 0 Å². The van der Waals surface area contributed by atoms with Gasteiger partial charge in [-0.1, -0.05) is 32.0 Å². The smallest absolute Gasteiger partial charge is 0.171 e. The van der Waals surface area contributed by atoms with Crippen LogP contribution in [-0.2, 0) is 17.6 Å². The van der Waals surface area contributed by atoms with Crippen LogP contribution in [0.4, 0.5) is 5.69 Å². The topological polar surface area (TPSA) is 33.3 Å². The molecule has 0 spiro atoms. The minimum atomic E-state index is 0.198. The number of para-hydroxylation sites is 1. The van der Waals surface area contributed by atoms with Gasteiger partial charge in [-0.25, -0.2) is 0 Å². The molecule has 3 nitrogen and oxygen atoms in total. The van der Waals surface area contributed by atoms with Crippen molar-refractivity contribution < 1.29 is 4.74 Å². The highest BCUT2D eigenvalue weighted by Gasteiger charge is 2.09. The molecule has 19 heavy (non-hydrogen) atoms. The first kappa shape index (κ1) is 15.9. The maximum atomic E-state index is 5.36. The zero-order valence-corrected chi connectivity index (χ0v) is 13.1. The molecule has 0 amide bonds. The molecule has 0 aliphatic carbocycles. The quantitative estimate of drug-likeness (QED) is 0.784. The molecule has 1 atom stereocenters. The number of ether oxygens (including phenoxy) is 1. The van der Waals surface area contributed by atoms with Crippen molar-refractivity contribution in [2.45, 2.75) is 39.7 Å². The van der Waals surface area contributed by atoms with Gasteiger partial charge in [0.1, 0.15) is 0 Å². The Morgan fingerprint density at radius 3 is 2.32 bits per heavy atom. The Labute approximate surface area is 121 Å². The van der Waals surface area contributed by atoms with Gasteiger partial charge in [-0.15, -0.1) is 0 Å². The third-order valence-electron chi connectivity index (χ3n) is 3.03. The minimum absolute atomic E-state index is 0.198. The van der Waals surface area contributed by atoms with Gasteiger partial charge in [-0.3, -0.25) is 0 Å². The Bertz CT molecular complexity index is 398. The minimum Gasteiger partial charge on any atom is -0.383 e. The second-order valence-electron chi connectivity index (χ2n) is 4.61. The van der Waals surface area contributed by atoms with E-state index in [-0.39, 0.29) is 6.04 Å². The Morgan fingerprint density at radius 1 is 1.26 bits per heavy atom. The lowest BCUT2D eigenvalue weighted by Crippen LogP contribution is -2.38. The summed E-state index contributed by atoms with van der Waals surface area (Å²) in [5.41, 5.74) is 3.74. The third-order valence-corrected chi connectivity index (χ3v) is 3.25. The summed E-state index contributed by atoms with van der Waals surface area (Å²) < 4.78 is 5.09. The van der Waals surface area contributed by atoms with Crippen molar-refractivity contribution in [2.24, 2.45) is 0 Å². The van der Waals surface area contributed by atoms with Crippen LogP contribution in [0.3, 0.4) is 0 Å². The fourth-order valence-electron chi connectivity index (χ4n) is 2.07. The maximum absolute atomic E-state index is 5.36. The number of methoxy groups -OCH3 is 1. The summed E-state index contributed by atoms with van der Waals surface area (Å²) >= 11 is 5.36. The molecule has 1 aromatic rings. The summed E-state index contributed by atoms with van der Waals surface area (Å²) in [7, 11) is 1.69. The molecule has 0 saturated carbocycles. The van der Waals surface area contributed by atoms with E-state index in [0.717, 1.165) is 18.5 Å². The Hall–Kier alpha value is -1.13. The standard InChI is InChI=1S/C15H24N2OS/c1-5-12-8-7-9-13(6-2)14(12)17-15(19)16-11(3)10-18-4/h7-9,11H,5-6,10H2,1-4H3,(H2,16,17,19).